The van der Waals surface area contributed by atoms with E-state index in [2.05, 4.69) is 70.4 Å². The first-order valence-electron chi connectivity index (χ1n) is 10.9. The molecule has 0 spiro atoms. The van der Waals surface area contributed by atoms with E-state index in [1.165, 1.54) is 22.2 Å². The molecule has 3 aromatic rings. The van der Waals surface area contributed by atoms with E-state index in [9.17, 15) is 0 Å². The second kappa shape index (κ2) is 10.1. The summed E-state index contributed by atoms with van der Waals surface area (Å²) in [6, 6.07) is 14.7. The van der Waals surface area contributed by atoms with Crippen molar-refractivity contribution in [1.82, 2.24) is 15.2 Å². The minimum absolute atomic E-state index is 0.183. The average molecular weight is 449 g/mol. The van der Waals surface area contributed by atoms with Crippen LogP contribution in [0.3, 0.4) is 0 Å². The van der Waals surface area contributed by atoms with Gasteiger partial charge in [0.15, 0.2) is 0 Å². The summed E-state index contributed by atoms with van der Waals surface area (Å²) in [5.74, 6) is 0.864. The predicted octanol–water partition coefficient (Wildman–Crippen LogP) is 5.49. The van der Waals surface area contributed by atoms with Crippen LogP contribution >= 0.6 is 11.6 Å². The van der Waals surface area contributed by atoms with Crippen LogP contribution in [0, 0.1) is 0 Å². The molecule has 2 heterocycles. The van der Waals surface area contributed by atoms with E-state index >= 15 is 0 Å². The third-order valence-corrected chi connectivity index (χ3v) is 6.13. The van der Waals surface area contributed by atoms with Gasteiger partial charge in [0.05, 0.1) is 6.04 Å². The number of H-pyrrole nitrogens is 1. The Kier molecular flexibility index (Phi) is 6.98. The molecular formula is C26H29ClN4O. The maximum Gasteiger partial charge on any atom is 0.119 e. The zero-order valence-electron chi connectivity index (χ0n) is 18.6. The molecule has 2 N–H and O–H groups in total. The van der Waals surface area contributed by atoms with Crippen molar-refractivity contribution >= 4 is 29.2 Å². The summed E-state index contributed by atoms with van der Waals surface area (Å²) >= 11 is 6.26. The third-order valence-electron chi connectivity index (χ3n) is 5.90. The zero-order valence-corrected chi connectivity index (χ0v) is 19.3. The average Bonchev–Trinajstić information content (AvgIpc) is 3.16. The van der Waals surface area contributed by atoms with E-state index in [0.29, 0.717) is 13.2 Å². The van der Waals surface area contributed by atoms with Crippen LogP contribution in [0.15, 0.2) is 71.5 Å². The maximum absolute atomic E-state index is 6.26. The number of allylic oxidation sites excluding steroid dienone is 2. The predicted molar refractivity (Wildman–Crippen MR) is 134 cm³/mol. The van der Waals surface area contributed by atoms with Gasteiger partial charge in [-0.2, -0.15) is 0 Å². The van der Waals surface area contributed by atoms with E-state index in [4.69, 9.17) is 16.3 Å². The van der Waals surface area contributed by atoms with Crippen LogP contribution in [0.1, 0.15) is 29.8 Å². The number of benzene rings is 2. The second-order valence-corrected chi connectivity index (χ2v) is 8.36. The molecule has 0 radical (unpaired) electrons. The van der Waals surface area contributed by atoms with Gasteiger partial charge in [0.25, 0.3) is 0 Å². The van der Waals surface area contributed by atoms with Gasteiger partial charge < -0.3 is 15.0 Å². The highest BCUT2D eigenvalue weighted by Gasteiger charge is 2.29. The van der Waals surface area contributed by atoms with Crippen molar-refractivity contribution in [2.45, 2.75) is 19.4 Å². The molecule has 166 valence electrons. The number of rotatable bonds is 8. The highest BCUT2D eigenvalue weighted by atomic mass is 35.5. The Labute approximate surface area is 194 Å². The van der Waals surface area contributed by atoms with Crippen molar-refractivity contribution in [3.8, 4) is 5.75 Å². The number of ether oxygens (including phenoxy) is 1. The number of halogens is 1. The first kappa shape index (κ1) is 22.2. The summed E-state index contributed by atoms with van der Waals surface area (Å²) in [4.78, 5) is 9.77. The first-order chi connectivity index (χ1) is 15.6. The summed E-state index contributed by atoms with van der Waals surface area (Å²) < 4.78 is 5.92. The molecule has 1 aromatic heterocycles. The number of fused-ring (bicyclic) bond motifs is 3. The topological polar surface area (TPSA) is 52.7 Å². The van der Waals surface area contributed by atoms with Gasteiger partial charge in [0.2, 0.25) is 0 Å². The van der Waals surface area contributed by atoms with Crippen LogP contribution in [0.5, 0.6) is 5.75 Å². The minimum Gasteiger partial charge on any atom is -0.492 e. The lowest BCUT2D eigenvalue weighted by Gasteiger charge is -2.33. The normalized spacial score (nSPS) is 17.0. The lowest BCUT2D eigenvalue weighted by Crippen LogP contribution is -2.32. The minimum atomic E-state index is 0.183. The Morgan fingerprint density at radius 3 is 2.88 bits per heavy atom. The molecule has 2 aromatic carbocycles. The summed E-state index contributed by atoms with van der Waals surface area (Å²) in [5, 5.41) is 5.32. The standard InChI is InChI=1S/C26H29ClN4O/c1-4-20(11-13-28-2)29-14-16-32-21-8-5-18(6-9-21)26-25-22(12-15-31(26)3)23-17-19(27)7-10-24(23)30-25/h4-11,13,17,26,29-30H,2,12,14-16H2,1,3H3/b13-11-,20-4+. The van der Waals surface area contributed by atoms with Crippen molar-refractivity contribution in [1.29, 1.82) is 0 Å². The van der Waals surface area contributed by atoms with Crippen molar-refractivity contribution in [2.24, 2.45) is 4.99 Å². The second-order valence-electron chi connectivity index (χ2n) is 7.93. The van der Waals surface area contributed by atoms with E-state index in [0.717, 1.165) is 35.0 Å². The fourth-order valence-corrected chi connectivity index (χ4v) is 4.48. The van der Waals surface area contributed by atoms with Crippen LogP contribution in [0.25, 0.3) is 10.9 Å². The van der Waals surface area contributed by atoms with Gasteiger partial charge in [-0.05, 0) is 74.6 Å². The molecule has 0 aliphatic carbocycles. The molecule has 1 unspecified atom stereocenters. The Bertz CT molecular complexity index is 1150. The smallest absolute Gasteiger partial charge is 0.119 e. The Morgan fingerprint density at radius 2 is 2.12 bits per heavy atom. The van der Waals surface area contributed by atoms with Gasteiger partial charge in [0, 0.05) is 46.6 Å². The zero-order chi connectivity index (χ0) is 22.5. The van der Waals surface area contributed by atoms with E-state index in [1.807, 2.05) is 25.1 Å². The van der Waals surface area contributed by atoms with E-state index in [1.54, 1.807) is 6.20 Å². The fourth-order valence-electron chi connectivity index (χ4n) is 4.30. The molecule has 1 atom stereocenters. The Balaban J connectivity index is 1.45. The van der Waals surface area contributed by atoms with Gasteiger partial charge >= 0.3 is 0 Å². The van der Waals surface area contributed by atoms with Gasteiger partial charge in [-0.1, -0.05) is 29.8 Å². The summed E-state index contributed by atoms with van der Waals surface area (Å²) in [6.07, 6.45) is 6.55. The molecular weight excluding hydrogens is 420 g/mol. The van der Waals surface area contributed by atoms with E-state index < -0.39 is 0 Å². The van der Waals surface area contributed by atoms with Crippen LogP contribution in [-0.4, -0.2) is 43.3 Å². The summed E-state index contributed by atoms with van der Waals surface area (Å²) in [7, 11) is 2.18. The van der Waals surface area contributed by atoms with Crippen molar-refractivity contribution in [3.63, 3.8) is 0 Å². The largest absolute Gasteiger partial charge is 0.492 e. The van der Waals surface area contributed by atoms with Gasteiger partial charge in [-0.15, -0.1) is 0 Å². The number of hydrogen-bond donors (Lipinski definition) is 2. The molecule has 1 aliphatic heterocycles. The monoisotopic (exact) mass is 448 g/mol. The Hall–Kier alpha value is -3.02. The summed E-state index contributed by atoms with van der Waals surface area (Å²) in [6.45, 7) is 7.71. The van der Waals surface area contributed by atoms with E-state index in [-0.39, 0.29) is 6.04 Å². The molecule has 0 amide bonds. The highest BCUT2D eigenvalue weighted by Crippen LogP contribution is 2.38. The number of aliphatic imine (C=N–C) groups is 1. The SMILES string of the molecule is C=N/C=C\C(=C/C)NCCOc1ccc(C2c3[nH]c4ccc(Cl)cc4c3CCN2C)cc1. The van der Waals surface area contributed by atoms with Crippen LogP contribution in [0.2, 0.25) is 5.02 Å². The molecule has 0 saturated heterocycles. The van der Waals surface area contributed by atoms with Gasteiger partial charge in [0.1, 0.15) is 12.4 Å². The number of hydrogen-bond acceptors (Lipinski definition) is 4. The van der Waals surface area contributed by atoms with Gasteiger partial charge in [-0.25, -0.2) is 0 Å². The quantitative estimate of drug-likeness (QED) is 0.272. The van der Waals surface area contributed by atoms with Crippen molar-refractivity contribution in [2.75, 3.05) is 26.7 Å². The number of nitrogens with zero attached hydrogens (tertiary/aromatic N) is 2. The number of nitrogens with one attached hydrogen (secondary N) is 2. The van der Waals surface area contributed by atoms with Crippen molar-refractivity contribution in [3.05, 3.63) is 88.4 Å². The molecule has 0 fully saturated rings. The number of aromatic amines is 1. The number of likely N-dealkylation sites (N-methyl/N-ethyl adjacent to an activating group) is 1. The molecule has 0 saturated carbocycles. The van der Waals surface area contributed by atoms with Crippen LogP contribution in [0.4, 0.5) is 0 Å². The van der Waals surface area contributed by atoms with Crippen LogP contribution < -0.4 is 10.1 Å². The van der Waals surface area contributed by atoms with Gasteiger partial charge in [-0.3, -0.25) is 9.89 Å². The van der Waals surface area contributed by atoms with Crippen molar-refractivity contribution < 1.29 is 4.74 Å². The molecule has 6 heteroatoms. The number of aromatic nitrogens is 1. The summed E-state index contributed by atoms with van der Waals surface area (Å²) in [5.41, 5.74) is 6.01. The Morgan fingerprint density at radius 1 is 1.31 bits per heavy atom. The molecule has 1 aliphatic rings. The van der Waals surface area contributed by atoms with Crippen LogP contribution in [-0.2, 0) is 6.42 Å². The fraction of sp³-hybridized carbons (Fsp3) is 0.269. The molecule has 5 nitrogen and oxygen atoms in total. The molecule has 4 rings (SSSR count). The molecule has 0 bridgehead atoms. The lowest BCUT2D eigenvalue weighted by molar-refractivity contribution is 0.261. The third kappa shape index (κ3) is 4.74. The first-order valence-corrected chi connectivity index (χ1v) is 11.2. The molecule has 32 heavy (non-hydrogen) atoms. The maximum atomic E-state index is 6.26. The lowest BCUT2D eigenvalue weighted by atomic mass is 9.93. The highest BCUT2D eigenvalue weighted by molar-refractivity contribution is 6.31.